The molecule has 2 rings (SSSR count). The summed E-state index contributed by atoms with van der Waals surface area (Å²) in [6, 6.07) is 4.19. The van der Waals surface area contributed by atoms with E-state index >= 15 is 0 Å². The van der Waals surface area contributed by atoms with Crippen molar-refractivity contribution in [3.05, 3.63) is 35.1 Å². The predicted octanol–water partition coefficient (Wildman–Crippen LogP) is 1.36. The summed E-state index contributed by atoms with van der Waals surface area (Å²) in [6.07, 6.45) is 0. The van der Waals surface area contributed by atoms with Gasteiger partial charge in [0.25, 0.3) is 5.91 Å². The van der Waals surface area contributed by atoms with Gasteiger partial charge in [-0.25, -0.2) is 4.39 Å². The second-order valence-corrected chi connectivity index (χ2v) is 5.28. The molecular weight excluding hydrogens is 265 g/mol. The maximum absolute atomic E-state index is 13.7. The van der Waals surface area contributed by atoms with Gasteiger partial charge in [0.2, 0.25) is 0 Å². The molecule has 0 unspecified atom stereocenters. The van der Waals surface area contributed by atoms with Crippen molar-refractivity contribution in [2.45, 2.75) is 0 Å². The van der Waals surface area contributed by atoms with Crippen molar-refractivity contribution < 1.29 is 14.3 Å². The number of aliphatic hydroxyl groups is 1. The number of rotatable bonds is 1. The number of thioether (sulfide) groups is 1. The number of hydrogen-bond acceptors (Lipinski definition) is 3. The summed E-state index contributed by atoms with van der Waals surface area (Å²) in [5.41, 5.74) is 0.585. The van der Waals surface area contributed by atoms with Crippen molar-refractivity contribution in [1.82, 2.24) is 4.90 Å². The highest BCUT2D eigenvalue weighted by molar-refractivity contribution is 7.99. The highest BCUT2D eigenvalue weighted by atomic mass is 32.2. The van der Waals surface area contributed by atoms with Crippen LogP contribution in [-0.4, -0.2) is 47.1 Å². The molecule has 1 fully saturated rings. The Morgan fingerprint density at radius 1 is 1.42 bits per heavy atom. The smallest absolute Gasteiger partial charge is 0.256 e. The number of halogens is 1. The second-order valence-electron chi connectivity index (χ2n) is 4.06. The molecular formula is C14H14FNO2S. The fraction of sp³-hybridized carbons (Fsp3) is 0.357. The Morgan fingerprint density at radius 2 is 2.16 bits per heavy atom. The number of amides is 1. The fourth-order valence-corrected chi connectivity index (χ4v) is 2.75. The van der Waals surface area contributed by atoms with Gasteiger partial charge < -0.3 is 10.0 Å². The van der Waals surface area contributed by atoms with Gasteiger partial charge in [-0.15, -0.1) is 0 Å². The van der Waals surface area contributed by atoms with E-state index in [9.17, 15) is 9.18 Å². The lowest BCUT2D eigenvalue weighted by atomic mass is 10.1. The van der Waals surface area contributed by atoms with Crippen LogP contribution in [0.4, 0.5) is 4.39 Å². The Balaban J connectivity index is 2.24. The third-order valence-corrected chi connectivity index (χ3v) is 3.75. The third-order valence-electron chi connectivity index (χ3n) is 2.81. The van der Waals surface area contributed by atoms with Crippen LogP contribution in [0.5, 0.6) is 0 Å². The van der Waals surface area contributed by atoms with Gasteiger partial charge in [0, 0.05) is 30.2 Å². The summed E-state index contributed by atoms with van der Waals surface area (Å²) in [5.74, 6) is 6.12. The molecule has 1 aliphatic rings. The van der Waals surface area contributed by atoms with Gasteiger partial charge in [0.05, 0.1) is 5.56 Å². The molecule has 100 valence electrons. The van der Waals surface area contributed by atoms with Gasteiger partial charge in [-0.1, -0.05) is 11.8 Å². The lowest BCUT2D eigenvalue weighted by Crippen LogP contribution is -2.38. The molecule has 19 heavy (non-hydrogen) atoms. The molecule has 0 aliphatic carbocycles. The van der Waals surface area contributed by atoms with Crippen LogP contribution >= 0.6 is 11.8 Å². The number of carbonyl (C=O) groups excluding carboxylic acids is 1. The Hall–Kier alpha value is -1.51. The lowest BCUT2D eigenvalue weighted by molar-refractivity contribution is 0.0767. The SMILES string of the molecule is O=C(c1cc(C#CCO)ccc1F)N1CCSCC1. The number of carbonyl (C=O) groups is 1. The maximum Gasteiger partial charge on any atom is 0.256 e. The van der Waals surface area contributed by atoms with E-state index in [0.717, 1.165) is 11.5 Å². The minimum Gasteiger partial charge on any atom is -0.384 e. The van der Waals surface area contributed by atoms with Gasteiger partial charge >= 0.3 is 0 Å². The monoisotopic (exact) mass is 279 g/mol. The summed E-state index contributed by atoms with van der Waals surface area (Å²) in [5, 5.41) is 8.64. The van der Waals surface area contributed by atoms with E-state index < -0.39 is 5.82 Å². The molecule has 1 heterocycles. The Labute approximate surface area is 115 Å². The van der Waals surface area contributed by atoms with Crippen LogP contribution < -0.4 is 0 Å². The van der Waals surface area contributed by atoms with Crippen LogP contribution in [0, 0.1) is 17.7 Å². The quantitative estimate of drug-likeness (QED) is 0.789. The Kier molecular flexibility index (Phi) is 4.83. The summed E-state index contributed by atoms with van der Waals surface area (Å²) in [4.78, 5) is 13.9. The van der Waals surface area contributed by atoms with Gasteiger partial charge in [0.1, 0.15) is 12.4 Å². The van der Waals surface area contributed by atoms with Gasteiger partial charge in [-0.05, 0) is 18.2 Å². The first-order valence-electron chi connectivity index (χ1n) is 5.98. The van der Waals surface area contributed by atoms with Crippen LogP contribution in [-0.2, 0) is 0 Å². The second kappa shape index (κ2) is 6.60. The summed E-state index contributed by atoms with van der Waals surface area (Å²) in [7, 11) is 0. The molecule has 0 bridgehead atoms. The number of hydrogen-bond donors (Lipinski definition) is 1. The molecule has 0 spiro atoms. The summed E-state index contributed by atoms with van der Waals surface area (Å²) >= 11 is 1.79. The highest BCUT2D eigenvalue weighted by Crippen LogP contribution is 2.16. The van der Waals surface area contributed by atoms with Crippen molar-refractivity contribution in [1.29, 1.82) is 0 Å². The van der Waals surface area contributed by atoms with Crippen LogP contribution in [0.2, 0.25) is 0 Å². The molecule has 0 aromatic heterocycles. The summed E-state index contributed by atoms with van der Waals surface area (Å²) in [6.45, 7) is 1.04. The number of aliphatic hydroxyl groups excluding tert-OH is 1. The molecule has 5 heteroatoms. The third kappa shape index (κ3) is 3.49. The Bertz CT molecular complexity index is 530. The average Bonchev–Trinajstić information content (AvgIpc) is 2.46. The highest BCUT2D eigenvalue weighted by Gasteiger charge is 2.21. The first-order chi connectivity index (χ1) is 9.22. The number of nitrogens with zero attached hydrogens (tertiary/aromatic N) is 1. The molecule has 1 N–H and O–H groups in total. The van der Waals surface area contributed by atoms with Gasteiger partial charge in [0.15, 0.2) is 0 Å². The van der Waals surface area contributed by atoms with Crippen molar-refractivity contribution in [2.24, 2.45) is 0 Å². The number of benzene rings is 1. The van der Waals surface area contributed by atoms with E-state index in [-0.39, 0.29) is 18.1 Å². The van der Waals surface area contributed by atoms with E-state index in [0.29, 0.717) is 18.7 Å². The molecule has 1 aromatic carbocycles. The van der Waals surface area contributed by atoms with E-state index in [1.54, 1.807) is 16.7 Å². The van der Waals surface area contributed by atoms with Crippen molar-refractivity contribution >= 4 is 17.7 Å². The van der Waals surface area contributed by atoms with Crippen LogP contribution in [0.25, 0.3) is 0 Å². The molecule has 0 saturated carbocycles. The largest absolute Gasteiger partial charge is 0.384 e. The lowest BCUT2D eigenvalue weighted by Gasteiger charge is -2.26. The molecule has 0 radical (unpaired) electrons. The van der Waals surface area contributed by atoms with Crippen molar-refractivity contribution in [2.75, 3.05) is 31.2 Å². The van der Waals surface area contributed by atoms with Crippen LogP contribution in [0.1, 0.15) is 15.9 Å². The summed E-state index contributed by atoms with van der Waals surface area (Å²) < 4.78 is 13.7. The first kappa shape index (κ1) is 13.9. The van der Waals surface area contributed by atoms with Crippen LogP contribution in [0.3, 0.4) is 0 Å². The van der Waals surface area contributed by atoms with Crippen LogP contribution in [0.15, 0.2) is 18.2 Å². The van der Waals surface area contributed by atoms with Crippen molar-refractivity contribution in [3.8, 4) is 11.8 Å². The zero-order valence-electron chi connectivity index (χ0n) is 10.4. The first-order valence-corrected chi connectivity index (χ1v) is 7.14. The standard InChI is InChI=1S/C14H14FNO2S/c15-13-4-3-11(2-1-7-17)10-12(13)14(18)16-5-8-19-9-6-16/h3-4,10,17H,5-9H2. The molecule has 1 aromatic rings. The van der Waals surface area contributed by atoms with E-state index in [1.807, 2.05) is 0 Å². The normalized spacial score (nSPS) is 14.7. The average molecular weight is 279 g/mol. The predicted molar refractivity (Wildman–Crippen MR) is 73.6 cm³/mol. The Morgan fingerprint density at radius 3 is 2.84 bits per heavy atom. The van der Waals surface area contributed by atoms with Crippen molar-refractivity contribution in [3.63, 3.8) is 0 Å². The minimum absolute atomic E-state index is 0.0524. The zero-order chi connectivity index (χ0) is 13.7. The molecule has 0 atom stereocenters. The minimum atomic E-state index is -0.530. The topological polar surface area (TPSA) is 40.5 Å². The zero-order valence-corrected chi connectivity index (χ0v) is 11.2. The molecule has 1 saturated heterocycles. The molecule has 1 amide bonds. The molecule has 3 nitrogen and oxygen atoms in total. The fourth-order valence-electron chi connectivity index (χ4n) is 1.85. The van der Waals surface area contributed by atoms with Gasteiger partial charge in [-0.3, -0.25) is 4.79 Å². The van der Waals surface area contributed by atoms with E-state index in [4.69, 9.17) is 5.11 Å². The molecule has 1 aliphatic heterocycles. The van der Waals surface area contributed by atoms with E-state index in [2.05, 4.69) is 11.8 Å². The maximum atomic E-state index is 13.7. The van der Waals surface area contributed by atoms with Gasteiger partial charge in [-0.2, -0.15) is 11.8 Å². The van der Waals surface area contributed by atoms with E-state index in [1.165, 1.54) is 18.2 Å².